The molecule has 0 bridgehead atoms. The molecule has 2 N–H and O–H groups in total. The van der Waals surface area contributed by atoms with Gasteiger partial charge in [-0.1, -0.05) is 42.5 Å². The minimum atomic E-state index is -0.0681. The van der Waals surface area contributed by atoms with Crippen LogP contribution >= 0.6 is 0 Å². The van der Waals surface area contributed by atoms with Gasteiger partial charge in [-0.15, -0.1) is 0 Å². The third-order valence-corrected chi connectivity index (χ3v) is 4.81. The van der Waals surface area contributed by atoms with Gasteiger partial charge >= 0.3 is 0 Å². The minimum Gasteiger partial charge on any atom is -0.497 e. The number of nitrogens with one attached hydrogen (secondary N) is 2. The van der Waals surface area contributed by atoms with Crippen molar-refractivity contribution >= 4 is 22.6 Å². The van der Waals surface area contributed by atoms with Crippen LogP contribution in [0.2, 0.25) is 0 Å². The number of fused-ring (bicyclic) bond motifs is 1. The molecule has 5 nitrogen and oxygen atoms in total. The van der Waals surface area contributed by atoms with Crippen LogP contribution in [-0.4, -0.2) is 23.0 Å². The summed E-state index contributed by atoms with van der Waals surface area (Å²) in [5, 5.41) is 2.96. The van der Waals surface area contributed by atoms with Gasteiger partial charge in [0.25, 0.3) is 0 Å². The molecule has 0 radical (unpaired) electrons. The normalized spacial score (nSPS) is 10.8. The molecule has 0 saturated carbocycles. The van der Waals surface area contributed by atoms with Crippen LogP contribution in [0.25, 0.3) is 11.0 Å². The predicted octanol–water partition coefficient (Wildman–Crippen LogP) is 4.54. The smallest absolute Gasteiger partial charge is 0.228 e. The fourth-order valence-electron chi connectivity index (χ4n) is 3.34. The zero-order valence-electron chi connectivity index (χ0n) is 16.3. The highest BCUT2D eigenvalue weighted by atomic mass is 16.5. The number of anilines is 1. The lowest BCUT2D eigenvalue weighted by molar-refractivity contribution is -0.115. The Kier molecular flexibility index (Phi) is 5.56. The van der Waals surface area contributed by atoms with Crippen molar-refractivity contribution in [3.8, 4) is 5.75 Å². The molecule has 4 aromatic rings. The van der Waals surface area contributed by atoms with Crippen LogP contribution in [0.15, 0.2) is 72.8 Å². The highest BCUT2D eigenvalue weighted by Gasteiger charge is 2.08. The molecule has 4 rings (SSSR count). The summed E-state index contributed by atoms with van der Waals surface area (Å²) in [5.74, 6) is 1.63. The molecule has 0 saturated heterocycles. The molecule has 1 amide bonds. The number of benzene rings is 3. The van der Waals surface area contributed by atoms with Gasteiger partial charge in [-0.2, -0.15) is 0 Å². The molecule has 0 atom stereocenters. The second-order valence-corrected chi connectivity index (χ2v) is 6.98. The zero-order chi connectivity index (χ0) is 20.1. The topological polar surface area (TPSA) is 67.0 Å². The van der Waals surface area contributed by atoms with E-state index >= 15 is 0 Å². The van der Waals surface area contributed by atoms with Crippen molar-refractivity contribution in [1.29, 1.82) is 0 Å². The third-order valence-electron chi connectivity index (χ3n) is 4.81. The first-order valence-corrected chi connectivity index (χ1v) is 9.65. The standard InChI is InChI=1S/C24H23N3O2/c1-29-20-9-5-8-18(14-20)15-24(28)25-19-11-12-21-22(16-19)27-23(26-21)13-10-17-6-3-2-4-7-17/h2-9,11-12,14,16H,10,13,15H2,1H3,(H,25,28)(H,26,27). The van der Waals surface area contributed by atoms with E-state index in [1.165, 1.54) is 5.56 Å². The number of H-pyrrole nitrogens is 1. The molecule has 0 aliphatic carbocycles. The van der Waals surface area contributed by atoms with Crippen LogP contribution in [0.1, 0.15) is 17.0 Å². The van der Waals surface area contributed by atoms with E-state index < -0.39 is 0 Å². The van der Waals surface area contributed by atoms with Gasteiger partial charge in [-0.3, -0.25) is 4.79 Å². The lowest BCUT2D eigenvalue weighted by Gasteiger charge is -2.06. The number of carbonyl (C=O) groups excluding carboxylic acids is 1. The highest BCUT2D eigenvalue weighted by molar-refractivity contribution is 5.94. The molecule has 0 fully saturated rings. The SMILES string of the molecule is COc1cccc(CC(=O)Nc2ccc3nc(CCc4ccccc4)[nH]c3c2)c1. The van der Waals surface area contributed by atoms with Gasteiger partial charge in [-0.05, 0) is 47.9 Å². The fraction of sp³-hybridized carbons (Fsp3) is 0.167. The molecule has 146 valence electrons. The Balaban J connectivity index is 1.41. The Morgan fingerprint density at radius 3 is 2.62 bits per heavy atom. The number of aromatic amines is 1. The predicted molar refractivity (Wildman–Crippen MR) is 115 cm³/mol. The van der Waals surface area contributed by atoms with E-state index in [4.69, 9.17) is 4.74 Å². The largest absolute Gasteiger partial charge is 0.497 e. The molecular formula is C24H23N3O2. The number of imidazole rings is 1. The van der Waals surface area contributed by atoms with Crippen LogP contribution in [0, 0.1) is 0 Å². The Bertz CT molecular complexity index is 1120. The van der Waals surface area contributed by atoms with Crippen molar-refractivity contribution in [1.82, 2.24) is 9.97 Å². The number of rotatable bonds is 7. The minimum absolute atomic E-state index is 0.0681. The van der Waals surface area contributed by atoms with Gasteiger partial charge in [0.1, 0.15) is 11.6 Å². The van der Waals surface area contributed by atoms with Gasteiger partial charge < -0.3 is 15.0 Å². The number of ether oxygens (including phenoxy) is 1. The number of aryl methyl sites for hydroxylation is 2. The second-order valence-electron chi connectivity index (χ2n) is 6.98. The lowest BCUT2D eigenvalue weighted by atomic mass is 10.1. The summed E-state index contributed by atoms with van der Waals surface area (Å²) >= 11 is 0. The van der Waals surface area contributed by atoms with E-state index in [-0.39, 0.29) is 5.91 Å². The Hall–Kier alpha value is -3.60. The zero-order valence-corrected chi connectivity index (χ0v) is 16.3. The average molecular weight is 385 g/mol. The van der Waals surface area contributed by atoms with Gasteiger partial charge in [0.05, 0.1) is 24.6 Å². The van der Waals surface area contributed by atoms with E-state index in [0.717, 1.165) is 46.7 Å². The molecule has 1 heterocycles. The molecule has 29 heavy (non-hydrogen) atoms. The van der Waals surface area contributed by atoms with Crippen LogP contribution in [0.5, 0.6) is 5.75 Å². The van der Waals surface area contributed by atoms with Gasteiger partial charge in [0.2, 0.25) is 5.91 Å². The van der Waals surface area contributed by atoms with E-state index in [2.05, 4.69) is 39.6 Å². The third kappa shape index (κ3) is 4.82. The summed E-state index contributed by atoms with van der Waals surface area (Å²) in [7, 11) is 1.62. The van der Waals surface area contributed by atoms with E-state index in [1.54, 1.807) is 7.11 Å². The maximum atomic E-state index is 12.4. The first kappa shape index (κ1) is 18.7. The fourth-order valence-corrected chi connectivity index (χ4v) is 3.34. The monoisotopic (exact) mass is 385 g/mol. The van der Waals surface area contributed by atoms with Gasteiger partial charge in [0.15, 0.2) is 0 Å². The number of hydrogen-bond acceptors (Lipinski definition) is 3. The van der Waals surface area contributed by atoms with Crippen molar-refractivity contribution in [2.45, 2.75) is 19.3 Å². The van der Waals surface area contributed by atoms with Crippen molar-refractivity contribution in [3.05, 3.63) is 89.7 Å². The van der Waals surface area contributed by atoms with Crippen molar-refractivity contribution in [3.63, 3.8) is 0 Å². The quantitative estimate of drug-likeness (QED) is 0.491. The van der Waals surface area contributed by atoms with Gasteiger partial charge in [-0.25, -0.2) is 4.98 Å². The van der Waals surface area contributed by atoms with Crippen molar-refractivity contribution in [2.24, 2.45) is 0 Å². The highest BCUT2D eigenvalue weighted by Crippen LogP contribution is 2.19. The molecule has 0 spiro atoms. The maximum absolute atomic E-state index is 12.4. The number of methoxy groups -OCH3 is 1. The lowest BCUT2D eigenvalue weighted by Crippen LogP contribution is -2.14. The van der Waals surface area contributed by atoms with E-state index in [9.17, 15) is 4.79 Å². The van der Waals surface area contributed by atoms with Crippen molar-refractivity contribution in [2.75, 3.05) is 12.4 Å². The molecule has 1 aromatic heterocycles. The number of carbonyl (C=O) groups is 1. The summed E-state index contributed by atoms with van der Waals surface area (Å²) in [6, 6.07) is 23.6. The van der Waals surface area contributed by atoms with Crippen LogP contribution < -0.4 is 10.1 Å². The first-order chi connectivity index (χ1) is 14.2. The summed E-state index contributed by atoms with van der Waals surface area (Å²) in [5.41, 5.74) is 4.78. The Labute approximate surface area is 169 Å². The Morgan fingerprint density at radius 2 is 1.79 bits per heavy atom. The summed E-state index contributed by atoms with van der Waals surface area (Å²) in [4.78, 5) is 20.4. The summed E-state index contributed by atoms with van der Waals surface area (Å²) in [6.07, 6.45) is 2.07. The van der Waals surface area contributed by atoms with Crippen LogP contribution in [0.3, 0.4) is 0 Å². The van der Waals surface area contributed by atoms with Crippen molar-refractivity contribution < 1.29 is 9.53 Å². The average Bonchev–Trinajstić information content (AvgIpc) is 3.15. The van der Waals surface area contributed by atoms with Crippen LogP contribution in [-0.2, 0) is 24.1 Å². The molecule has 0 unspecified atom stereocenters. The van der Waals surface area contributed by atoms with E-state index in [0.29, 0.717) is 6.42 Å². The molecule has 0 aliphatic rings. The molecular weight excluding hydrogens is 362 g/mol. The Morgan fingerprint density at radius 1 is 0.966 bits per heavy atom. The molecule has 0 aliphatic heterocycles. The summed E-state index contributed by atoms with van der Waals surface area (Å²) < 4.78 is 5.21. The van der Waals surface area contributed by atoms with Crippen LogP contribution in [0.4, 0.5) is 5.69 Å². The second kappa shape index (κ2) is 8.61. The molecule has 3 aromatic carbocycles. The molecule has 5 heteroatoms. The maximum Gasteiger partial charge on any atom is 0.228 e. The van der Waals surface area contributed by atoms with E-state index in [1.807, 2.05) is 48.5 Å². The van der Waals surface area contributed by atoms with Gasteiger partial charge in [0, 0.05) is 12.1 Å². The summed E-state index contributed by atoms with van der Waals surface area (Å²) in [6.45, 7) is 0. The number of hydrogen-bond donors (Lipinski definition) is 2. The number of amides is 1. The first-order valence-electron chi connectivity index (χ1n) is 9.65. The number of aromatic nitrogens is 2. The number of nitrogens with zero attached hydrogens (tertiary/aromatic N) is 1.